The Morgan fingerprint density at radius 2 is 1.60 bits per heavy atom. The maximum Gasteiger partial charge on any atom is 0.245 e. The van der Waals surface area contributed by atoms with Crippen molar-refractivity contribution in [2.24, 2.45) is 22.9 Å². The van der Waals surface area contributed by atoms with Crippen LogP contribution in [0.4, 0.5) is 0 Å². The predicted molar refractivity (Wildman–Crippen MR) is 179 cm³/mol. The van der Waals surface area contributed by atoms with E-state index in [0.29, 0.717) is 54.6 Å². The number of nitrogens with zero attached hydrogens (tertiary/aromatic N) is 1. The largest absolute Gasteiger partial charge is 0.508 e. The third-order valence-electron chi connectivity index (χ3n) is 8.26. The first-order valence-corrected chi connectivity index (χ1v) is 16.2. The molecule has 14 heteroatoms. The monoisotopic (exact) mass is 654 g/mol. The Balaban J connectivity index is 1.94. The topological polar surface area (TPSA) is 252 Å². The van der Waals surface area contributed by atoms with Crippen molar-refractivity contribution in [2.45, 2.75) is 76.0 Å². The number of hydrogen-bond acceptors (Lipinski definition) is 10. The van der Waals surface area contributed by atoms with Crippen molar-refractivity contribution in [3.63, 3.8) is 0 Å². The number of fused-ring (bicyclic) bond motifs is 5. The van der Waals surface area contributed by atoms with Gasteiger partial charge in [-0.3, -0.25) is 19.2 Å². The zero-order valence-corrected chi connectivity index (χ0v) is 27.0. The zero-order chi connectivity index (χ0) is 34.5. The van der Waals surface area contributed by atoms with Crippen molar-refractivity contribution in [2.75, 3.05) is 32.7 Å². The lowest BCUT2D eigenvalue weighted by Crippen LogP contribution is -2.58. The van der Waals surface area contributed by atoms with Crippen LogP contribution in [0.3, 0.4) is 0 Å². The summed E-state index contributed by atoms with van der Waals surface area (Å²) in [5.74, 6) is -1.78. The highest BCUT2D eigenvalue weighted by Crippen LogP contribution is 2.31. The molecule has 1 aliphatic rings. The molecule has 0 aliphatic carbocycles. The Labute approximate surface area is 275 Å². The molecule has 258 valence electrons. The van der Waals surface area contributed by atoms with E-state index in [9.17, 15) is 29.4 Å². The molecule has 3 rings (SSSR count). The number of aromatic hydroxyl groups is 2. The van der Waals surface area contributed by atoms with Crippen LogP contribution >= 0.6 is 0 Å². The maximum absolute atomic E-state index is 14.1. The number of hydrogen-bond donors (Lipinski definition) is 9. The van der Waals surface area contributed by atoms with E-state index in [1.54, 1.807) is 31.2 Å². The number of rotatable bonds is 13. The van der Waals surface area contributed by atoms with Gasteiger partial charge in [0.1, 0.15) is 23.6 Å². The number of carbonyl (C=O) groups is 4. The molecule has 1 aliphatic heterocycles. The van der Waals surface area contributed by atoms with Crippen LogP contribution in [0.2, 0.25) is 0 Å². The molecule has 14 nitrogen and oxygen atoms in total. The van der Waals surface area contributed by atoms with Gasteiger partial charge in [0.25, 0.3) is 0 Å². The first kappa shape index (κ1) is 37.2. The summed E-state index contributed by atoms with van der Waals surface area (Å²) in [7, 11) is 0. The SMILES string of the molecule is CCN1C(=O)[C@H](CCCN)NC(=O)C(N)Cc2cc(ccc2O)-c2ccc(O)c(c2)C[C@H]1C(=O)NCCC[C@H](N)CC(=O)NCCN. The number of phenols is 2. The molecule has 1 heterocycles. The van der Waals surface area contributed by atoms with Crippen molar-refractivity contribution in [3.05, 3.63) is 47.5 Å². The van der Waals surface area contributed by atoms with Crippen LogP contribution in [0.25, 0.3) is 11.1 Å². The summed E-state index contributed by atoms with van der Waals surface area (Å²) < 4.78 is 0. The maximum atomic E-state index is 14.1. The zero-order valence-electron chi connectivity index (χ0n) is 27.0. The number of amides is 4. The van der Waals surface area contributed by atoms with E-state index < -0.39 is 41.9 Å². The minimum Gasteiger partial charge on any atom is -0.508 e. The van der Waals surface area contributed by atoms with Gasteiger partial charge in [0, 0.05) is 51.5 Å². The van der Waals surface area contributed by atoms with E-state index in [-0.39, 0.29) is 62.7 Å². The number of nitrogens with two attached hydrogens (primary N) is 4. The van der Waals surface area contributed by atoms with Crippen LogP contribution in [-0.2, 0) is 32.0 Å². The van der Waals surface area contributed by atoms with Gasteiger partial charge < -0.3 is 54.0 Å². The summed E-state index contributed by atoms with van der Waals surface area (Å²) in [6.07, 6.45) is 1.73. The van der Waals surface area contributed by atoms with Crippen LogP contribution in [0.1, 0.15) is 50.2 Å². The third-order valence-corrected chi connectivity index (χ3v) is 8.26. The molecule has 4 amide bonds. The van der Waals surface area contributed by atoms with Crippen molar-refractivity contribution in [3.8, 4) is 22.6 Å². The van der Waals surface area contributed by atoms with Crippen LogP contribution in [0, 0.1) is 0 Å². The molecule has 2 aromatic carbocycles. The normalized spacial score (nSPS) is 19.3. The Morgan fingerprint density at radius 3 is 2.19 bits per heavy atom. The van der Waals surface area contributed by atoms with Gasteiger partial charge in [-0.05, 0) is 85.7 Å². The van der Waals surface area contributed by atoms with E-state index in [4.69, 9.17) is 22.9 Å². The summed E-state index contributed by atoms with van der Waals surface area (Å²) in [5, 5.41) is 29.7. The van der Waals surface area contributed by atoms with Gasteiger partial charge in [0.15, 0.2) is 0 Å². The van der Waals surface area contributed by atoms with Crippen LogP contribution < -0.4 is 38.9 Å². The van der Waals surface area contributed by atoms with E-state index in [0.717, 1.165) is 0 Å². The molecule has 4 atom stereocenters. The highest BCUT2D eigenvalue weighted by atomic mass is 16.3. The second-order valence-electron chi connectivity index (χ2n) is 11.9. The second kappa shape index (κ2) is 18.2. The van der Waals surface area contributed by atoms with Gasteiger partial charge >= 0.3 is 0 Å². The lowest BCUT2D eigenvalue weighted by Gasteiger charge is -2.34. The molecule has 4 bridgehead atoms. The molecule has 0 fully saturated rings. The first-order chi connectivity index (χ1) is 22.5. The molecule has 0 aromatic heterocycles. The van der Waals surface area contributed by atoms with Crippen molar-refractivity contribution < 1.29 is 29.4 Å². The van der Waals surface area contributed by atoms with Gasteiger partial charge in [-0.1, -0.05) is 12.1 Å². The van der Waals surface area contributed by atoms with Crippen molar-refractivity contribution in [1.29, 1.82) is 0 Å². The standard InChI is InChI=1S/C33H50N8O6/c1-2-41-27(32(46)39-13-4-5-24(36)19-30(44)38-14-12-35)18-23-16-21(8-10-29(23)43)20-7-9-28(42)22(15-20)17-25(37)31(45)40-26(33(41)47)6-3-11-34/h7-10,15-16,24-27,42-43H,2-6,11-14,17-19,34-37H2,1H3,(H,38,44)(H,39,46)(H,40,45)/t24-,25?,26-,27-/m0/s1. The molecule has 0 spiro atoms. The van der Waals surface area contributed by atoms with Gasteiger partial charge in [-0.15, -0.1) is 0 Å². The molecule has 1 unspecified atom stereocenters. The Hall–Kier alpha value is -4.24. The van der Waals surface area contributed by atoms with E-state index in [2.05, 4.69) is 16.0 Å². The summed E-state index contributed by atoms with van der Waals surface area (Å²) in [5.41, 5.74) is 25.8. The molecule has 0 saturated heterocycles. The summed E-state index contributed by atoms with van der Waals surface area (Å²) >= 11 is 0. The first-order valence-electron chi connectivity index (χ1n) is 16.2. The summed E-state index contributed by atoms with van der Waals surface area (Å²) in [6, 6.07) is 6.39. The molecular formula is C33H50N8O6. The fourth-order valence-electron chi connectivity index (χ4n) is 5.65. The number of carbonyl (C=O) groups excluding carboxylic acids is 4. The van der Waals surface area contributed by atoms with Gasteiger partial charge in [-0.2, -0.15) is 0 Å². The van der Waals surface area contributed by atoms with Crippen molar-refractivity contribution >= 4 is 23.6 Å². The summed E-state index contributed by atoms with van der Waals surface area (Å²) in [4.78, 5) is 54.5. The van der Waals surface area contributed by atoms with Gasteiger partial charge in [0.05, 0.1) is 6.04 Å². The number of likely N-dealkylation sites (N-methyl/N-ethyl adjacent to an activating group) is 1. The Kier molecular flexibility index (Phi) is 14.4. The fourth-order valence-corrected chi connectivity index (χ4v) is 5.65. The molecular weight excluding hydrogens is 604 g/mol. The van der Waals surface area contributed by atoms with Gasteiger partial charge in [0.2, 0.25) is 23.6 Å². The summed E-state index contributed by atoms with van der Waals surface area (Å²) in [6.45, 7) is 3.09. The Morgan fingerprint density at radius 1 is 0.957 bits per heavy atom. The molecule has 13 N–H and O–H groups in total. The molecule has 0 saturated carbocycles. The second-order valence-corrected chi connectivity index (χ2v) is 11.9. The van der Waals surface area contributed by atoms with Crippen LogP contribution in [-0.4, -0.2) is 95.6 Å². The lowest BCUT2D eigenvalue weighted by atomic mass is 9.95. The highest BCUT2D eigenvalue weighted by molar-refractivity contribution is 5.93. The van der Waals surface area contributed by atoms with E-state index in [1.165, 1.54) is 17.0 Å². The average molecular weight is 655 g/mol. The number of nitrogens with one attached hydrogen (secondary N) is 3. The highest BCUT2D eigenvalue weighted by Gasteiger charge is 2.35. The predicted octanol–water partition coefficient (Wildman–Crippen LogP) is -0.680. The molecule has 47 heavy (non-hydrogen) atoms. The van der Waals surface area contributed by atoms with Crippen LogP contribution in [0.5, 0.6) is 11.5 Å². The lowest BCUT2D eigenvalue weighted by molar-refractivity contribution is -0.143. The van der Waals surface area contributed by atoms with Crippen LogP contribution in [0.15, 0.2) is 36.4 Å². The fraction of sp³-hybridized carbons (Fsp3) is 0.515. The van der Waals surface area contributed by atoms with Crippen molar-refractivity contribution in [1.82, 2.24) is 20.9 Å². The Bertz CT molecular complexity index is 1390. The third kappa shape index (κ3) is 10.6. The smallest absolute Gasteiger partial charge is 0.245 e. The average Bonchev–Trinajstić information content (AvgIpc) is 3.05. The number of benzene rings is 2. The van der Waals surface area contributed by atoms with Gasteiger partial charge in [-0.25, -0.2) is 0 Å². The minimum atomic E-state index is -1.07. The minimum absolute atomic E-state index is 0.0127. The van der Waals surface area contributed by atoms with E-state index >= 15 is 0 Å². The number of phenolic OH excluding ortho intramolecular Hbond substituents is 2. The molecule has 0 radical (unpaired) electrons. The molecule has 2 aromatic rings. The van der Waals surface area contributed by atoms with E-state index in [1.807, 2.05) is 0 Å². The quantitative estimate of drug-likeness (QED) is 0.123.